The minimum Gasteiger partial charge on any atom is -0.229 e. The molecule has 1 N–H and O–H groups in total. The van der Waals surface area contributed by atoms with E-state index in [1.165, 1.54) is 10.8 Å². The van der Waals surface area contributed by atoms with Crippen molar-refractivity contribution in [2.45, 2.75) is 0 Å². The Bertz CT molecular complexity index is 1070. The molecule has 0 radical (unpaired) electrons. The Morgan fingerprint density at radius 3 is 2.25 bits per heavy atom. The van der Waals surface area contributed by atoms with Crippen molar-refractivity contribution >= 4 is 29.8 Å². The van der Waals surface area contributed by atoms with Gasteiger partial charge in [-0.15, -0.1) is 4.89 Å². The van der Waals surface area contributed by atoms with Crippen LogP contribution in [0.5, 0.6) is 5.75 Å². The summed E-state index contributed by atoms with van der Waals surface area (Å²) in [5, 5.41) is 4.69. The molecular weight excluding hydrogens is 319 g/mol. The lowest BCUT2D eigenvalue weighted by Crippen LogP contribution is -1.86. The maximum Gasteiger partial charge on any atom is 0.747 e. The molecule has 0 bridgehead atoms. The smallest absolute Gasteiger partial charge is 0.229 e. The van der Waals surface area contributed by atoms with Crippen molar-refractivity contribution in [1.29, 1.82) is 0 Å². The zero-order valence-corrected chi connectivity index (χ0v) is 13.6. The van der Waals surface area contributed by atoms with Crippen LogP contribution < -0.4 is 4.52 Å². The van der Waals surface area contributed by atoms with Gasteiger partial charge < -0.3 is 0 Å². The summed E-state index contributed by atoms with van der Waals surface area (Å²) in [6.45, 7) is 0. The monoisotopic (exact) mass is 333 g/mol. The quantitative estimate of drug-likeness (QED) is 0.387. The summed E-state index contributed by atoms with van der Waals surface area (Å²) in [6.07, 6.45) is 0. The molecule has 4 aromatic carbocycles. The third-order valence-electron chi connectivity index (χ3n) is 4.10. The topological polar surface area (TPSA) is 46.5 Å². The van der Waals surface area contributed by atoms with Gasteiger partial charge >= 0.3 is 8.25 Å². The minimum absolute atomic E-state index is 0.383. The van der Waals surface area contributed by atoms with Crippen molar-refractivity contribution in [2.75, 3.05) is 0 Å². The normalized spacial score (nSPS) is 11.6. The molecule has 4 rings (SSSR count). The van der Waals surface area contributed by atoms with Gasteiger partial charge in [0.1, 0.15) is 0 Å². The molecule has 1 unspecified atom stereocenters. The minimum atomic E-state index is -2.67. The van der Waals surface area contributed by atoms with Gasteiger partial charge in [0.05, 0.1) is 0 Å². The lowest BCUT2D eigenvalue weighted by molar-refractivity contribution is 0.410. The van der Waals surface area contributed by atoms with Crippen LogP contribution >= 0.6 is 8.25 Å². The fourth-order valence-corrected chi connectivity index (χ4v) is 3.40. The van der Waals surface area contributed by atoms with E-state index in [1.807, 2.05) is 36.4 Å². The molecule has 24 heavy (non-hydrogen) atoms. The fourth-order valence-electron chi connectivity index (χ4n) is 3.10. The van der Waals surface area contributed by atoms with Gasteiger partial charge in [-0.3, -0.25) is 0 Å². The molecule has 1 atom stereocenters. The Morgan fingerprint density at radius 1 is 0.750 bits per heavy atom. The third-order valence-corrected chi connectivity index (χ3v) is 4.46. The predicted octanol–water partition coefficient (Wildman–Crippen LogP) is 5.69. The molecule has 3 nitrogen and oxygen atoms in total. The van der Waals surface area contributed by atoms with Crippen molar-refractivity contribution in [3.63, 3.8) is 0 Å². The second-order valence-electron chi connectivity index (χ2n) is 5.55. The summed E-state index contributed by atoms with van der Waals surface area (Å²) in [5.74, 6) is 0.383. The summed E-state index contributed by atoms with van der Waals surface area (Å²) < 4.78 is 15.9. The largest absolute Gasteiger partial charge is 0.747 e. The molecule has 0 aliphatic carbocycles. The van der Waals surface area contributed by atoms with Gasteiger partial charge in [0.25, 0.3) is 0 Å². The van der Waals surface area contributed by atoms with Crippen molar-refractivity contribution in [1.82, 2.24) is 0 Å². The standard InChI is InChI=1S/C20H13O3P/c21-24(22)23-16-8-5-7-14(12-16)20-13-15-6-1-2-9-17(15)18-10-3-4-11-19(18)20/h1-13H/p+1. The summed E-state index contributed by atoms with van der Waals surface area (Å²) in [4.78, 5) is 8.97. The van der Waals surface area contributed by atoms with E-state index in [0.717, 1.165) is 21.9 Å². The molecule has 0 heterocycles. The van der Waals surface area contributed by atoms with E-state index in [0.29, 0.717) is 5.75 Å². The van der Waals surface area contributed by atoms with Crippen LogP contribution in [0.3, 0.4) is 0 Å². The number of rotatable bonds is 3. The second-order valence-corrected chi connectivity index (χ2v) is 6.21. The van der Waals surface area contributed by atoms with Gasteiger partial charge in [0, 0.05) is 4.57 Å². The van der Waals surface area contributed by atoms with E-state index in [2.05, 4.69) is 30.3 Å². The molecule has 0 aliphatic heterocycles. The van der Waals surface area contributed by atoms with Gasteiger partial charge in [0.2, 0.25) is 0 Å². The average molecular weight is 333 g/mol. The van der Waals surface area contributed by atoms with Gasteiger partial charge in [-0.2, -0.15) is 0 Å². The first kappa shape index (κ1) is 14.8. The highest BCUT2D eigenvalue weighted by Crippen LogP contribution is 2.36. The van der Waals surface area contributed by atoms with Crippen LogP contribution in [-0.4, -0.2) is 4.89 Å². The van der Waals surface area contributed by atoms with Crippen molar-refractivity contribution in [3.8, 4) is 16.9 Å². The molecule has 0 amide bonds. The first-order chi connectivity index (χ1) is 11.7. The van der Waals surface area contributed by atoms with Crippen molar-refractivity contribution in [3.05, 3.63) is 78.9 Å². The van der Waals surface area contributed by atoms with Crippen molar-refractivity contribution < 1.29 is 14.0 Å². The van der Waals surface area contributed by atoms with E-state index in [1.54, 1.807) is 12.1 Å². The molecular formula is C20H14O3P+. The highest BCUT2D eigenvalue weighted by molar-refractivity contribution is 7.32. The number of hydrogen-bond donors (Lipinski definition) is 1. The molecule has 116 valence electrons. The highest BCUT2D eigenvalue weighted by Gasteiger charge is 2.15. The first-order valence-electron chi connectivity index (χ1n) is 7.57. The van der Waals surface area contributed by atoms with Gasteiger partial charge in [-0.25, -0.2) is 4.52 Å². The Hall–Kier alpha value is -2.74. The van der Waals surface area contributed by atoms with Crippen LogP contribution in [0, 0.1) is 0 Å². The SMILES string of the molecule is O=[P+](O)Oc1cccc(-c2cc3ccccc3c3ccccc23)c1. The summed E-state index contributed by atoms with van der Waals surface area (Å²) in [7, 11) is -2.67. The first-order valence-corrected chi connectivity index (χ1v) is 8.70. The van der Waals surface area contributed by atoms with Crippen LogP contribution in [-0.2, 0) is 4.57 Å². The Balaban J connectivity index is 2.00. The third kappa shape index (κ3) is 2.65. The number of fused-ring (bicyclic) bond motifs is 3. The van der Waals surface area contributed by atoms with E-state index < -0.39 is 8.25 Å². The van der Waals surface area contributed by atoms with Gasteiger partial charge in [-0.1, -0.05) is 60.7 Å². The Labute approximate surface area is 140 Å². The molecule has 0 saturated heterocycles. The summed E-state index contributed by atoms with van der Waals surface area (Å²) >= 11 is 0. The zero-order chi connectivity index (χ0) is 16.5. The predicted molar refractivity (Wildman–Crippen MR) is 97.3 cm³/mol. The molecule has 0 aliphatic rings. The van der Waals surface area contributed by atoms with Gasteiger partial charge in [0.15, 0.2) is 5.75 Å². The van der Waals surface area contributed by atoms with Crippen molar-refractivity contribution in [2.24, 2.45) is 0 Å². The van der Waals surface area contributed by atoms with E-state index in [4.69, 9.17) is 9.42 Å². The van der Waals surface area contributed by atoms with E-state index in [9.17, 15) is 4.57 Å². The summed E-state index contributed by atoms with van der Waals surface area (Å²) in [6, 6.07) is 26.0. The van der Waals surface area contributed by atoms with Gasteiger partial charge in [-0.05, 0) is 50.9 Å². The van der Waals surface area contributed by atoms with Crippen LogP contribution in [0.2, 0.25) is 0 Å². The molecule has 0 saturated carbocycles. The van der Waals surface area contributed by atoms with Crippen LogP contribution in [0.1, 0.15) is 0 Å². The summed E-state index contributed by atoms with van der Waals surface area (Å²) in [5.41, 5.74) is 2.02. The molecule has 0 fully saturated rings. The Kier molecular flexibility index (Phi) is 3.73. The molecule has 0 aromatic heterocycles. The van der Waals surface area contributed by atoms with Crippen LogP contribution in [0.25, 0.3) is 32.7 Å². The maximum absolute atomic E-state index is 10.9. The van der Waals surface area contributed by atoms with Crippen LogP contribution in [0.15, 0.2) is 78.9 Å². The maximum atomic E-state index is 10.9. The van der Waals surface area contributed by atoms with Crippen LogP contribution in [0.4, 0.5) is 0 Å². The second kappa shape index (κ2) is 6.04. The Morgan fingerprint density at radius 2 is 1.46 bits per heavy atom. The number of benzene rings is 4. The lowest BCUT2D eigenvalue weighted by Gasteiger charge is -2.11. The molecule has 4 aromatic rings. The number of hydrogen-bond acceptors (Lipinski definition) is 2. The molecule has 4 heteroatoms. The van der Waals surface area contributed by atoms with E-state index in [-0.39, 0.29) is 0 Å². The fraction of sp³-hybridized carbons (Fsp3) is 0. The molecule has 0 spiro atoms. The van der Waals surface area contributed by atoms with E-state index >= 15 is 0 Å². The average Bonchev–Trinajstić information content (AvgIpc) is 2.61. The zero-order valence-electron chi connectivity index (χ0n) is 12.7. The lowest BCUT2D eigenvalue weighted by atomic mass is 9.93. The highest BCUT2D eigenvalue weighted by atomic mass is 31.1.